The third-order valence-corrected chi connectivity index (χ3v) is 5.06. The summed E-state index contributed by atoms with van der Waals surface area (Å²) in [5.41, 5.74) is 10.8. The van der Waals surface area contributed by atoms with Crippen LogP contribution in [0.4, 0.5) is 0 Å². The molecule has 1 aliphatic rings. The highest BCUT2D eigenvalue weighted by Gasteiger charge is 2.20. The number of hydrogen-bond acceptors (Lipinski definition) is 3. The second-order valence-corrected chi connectivity index (χ2v) is 6.71. The predicted octanol–water partition coefficient (Wildman–Crippen LogP) is 2.81. The molecule has 3 rings (SSSR count). The maximum absolute atomic E-state index is 11.2. The van der Waals surface area contributed by atoms with Crippen LogP contribution in [0.25, 0.3) is 11.1 Å². The van der Waals surface area contributed by atoms with Crippen molar-refractivity contribution < 1.29 is 4.79 Å². The number of primary amides is 1. The molecule has 1 aliphatic heterocycles. The van der Waals surface area contributed by atoms with Gasteiger partial charge in [-0.3, -0.25) is 14.4 Å². The van der Waals surface area contributed by atoms with Gasteiger partial charge in [0.2, 0.25) is 5.91 Å². The van der Waals surface area contributed by atoms with Gasteiger partial charge in [-0.25, -0.2) is 0 Å². The van der Waals surface area contributed by atoms with Gasteiger partial charge >= 0.3 is 0 Å². The molecule has 0 unspecified atom stereocenters. The summed E-state index contributed by atoms with van der Waals surface area (Å²) >= 11 is 0. The molecule has 0 radical (unpaired) electrons. The number of carbonyl (C=O) groups excluding carboxylic acids is 1. The molecule has 0 spiro atoms. The van der Waals surface area contributed by atoms with Gasteiger partial charge in [-0.15, -0.1) is 0 Å². The van der Waals surface area contributed by atoms with Crippen LogP contribution in [0.2, 0.25) is 0 Å². The molecule has 1 atom stereocenters. The van der Waals surface area contributed by atoms with Crippen molar-refractivity contribution in [2.24, 2.45) is 5.73 Å². The number of rotatable bonds is 5. The van der Waals surface area contributed by atoms with Crippen LogP contribution in [0, 0.1) is 13.8 Å². The molecule has 1 amide bonds. The maximum Gasteiger partial charge on any atom is 0.239 e. The van der Waals surface area contributed by atoms with E-state index < -0.39 is 0 Å². The molecule has 1 aromatic heterocycles. The molecule has 24 heavy (non-hydrogen) atoms. The number of nitrogens with two attached hydrogens (primary N) is 1. The van der Waals surface area contributed by atoms with E-state index in [9.17, 15) is 4.79 Å². The summed E-state index contributed by atoms with van der Waals surface area (Å²) in [4.78, 5) is 13.7. The van der Waals surface area contributed by atoms with Gasteiger partial charge in [-0.1, -0.05) is 24.3 Å². The zero-order chi connectivity index (χ0) is 17.3. The van der Waals surface area contributed by atoms with Crippen LogP contribution in [-0.4, -0.2) is 33.7 Å². The van der Waals surface area contributed by atoms with E-state index in [0.29, 0.717) is 6.04 Å². The number of nitrogens with zero attached hydrogens (tertiary/aromatic N) is 3. The molecule has 128 valence electrons. The first-order valence-electron chi connectivity index (χ1n) is 8.64. The van der Waals surface area contributed by atoms with Crippen LogP contribution in [-0.2, 0) is 11.3 Å². The van der Waals surface area contributed by atoms with E-state index in [0.717, 1.165) is 22.5 Å². The van der Waals surface area contributed by atoms with Crippen molar-refractivity contribution in [3.05, 3.63) is 41.2 Å². The normalized spacial score (nSPS) is 16.5. The minimum absolute atomic E-state index is 0.122. The van der Waals surface area contributed by atoms with E-state index in [1.165, 1.54) is 31.5 Å². The molecule has 5 nitrogen and oxygen atoms in total. The topological polar surface area (TPSA) is 64.2 Å². The van der Waals surface area contributed by atoms with Gasteiger partial charge in [0, 0.05) is 17.3 Å². The maximum atomic E-state index is 11.2. The molecule has 2 aromatic rings. The van der Waals surface area contributed by atoms with E-state index in [1.54, 1.807) is 4.68 Å². The van der Waals surface area contributed by atoms with Crippen LogP contribution in [0.1, 0.15) is 42.8 Å². The molecule has 0 saturated carbocycles. The average Bonchev–Trinajstić information content (AvgIpc) is 3.16. The van der Waals surface area contributed by atoms with Crippen LogP contribution >= 0.6 is 0 Å². The van der Waals surface area contributed by atoms with Crippen LogP contribution < -0.4 is 5.73 Å². The van der Waals surface area contributed by atoms with Gasteiger partial charge in [0.05, 0.1) is 5.69 Å². The number of benzene rings is 1. The van der Waals surface area contributed by atoms with Crippen molar-refractivity contribution in [1.29, 1.82) is 0 Å². The Morgan fingerprint density at radius 2 is 1.83 bits per heavy atom. The molecule has 0 bridgehead atoms. The van der Waals surface area contributed by atoms with Gasteiger partial charge in [-0.05, 0) is 57.8 Å². The van der Waals surface area contributed by atoms with Crippen molar-refractivity contribution in [2.75, 3.05) is 13.1 Å². The number of hydrogen-bond donors (Lipinski definition) is 1. The molecule has 2 heterocycles. The number of carbonyl (C=O) groups is 1. The molecule has 1 fully saturated rings. The van der Waals surface area contributed by atoms with Crippen molar-refractivity contribution in [1.82, 2.24) is 14.7 Å². The SMILES string of the molecule is Cc1nn(CC(N)=O)c(C)c1-c1ccc([C@@H](C)N2CCCC2)cc1. The van der Waals surface area contributed by atoms with E-state index in [4.69, 9.17) is 5.73 Å². The Morgan fingerprint density at radius 1 is 1.21 bits per heavy atom. The number of amides is 1. The smallest absolute Gasteiger partial charge is 0.239 e. The molecular formula is C19H26N4O. The molecule has 0 aliphatic carbocycles. The average molecular weight is 326 g/mol. The summed E-state index contributed by atoms with van der Waals surface area (Å²) in [5, 5.41) is 4.45. The van der Waals surface area contributed by atoms with Crippen molar-refractivity contribution >= 4 is 5.91 Å². The second kappa shape index (κ2) is 6.77. The third kappa shape index (κ3) is 3.22. The number of aryl methyl sites for hydroxylation is 1. The minimum Gasteiger partial charge on any atom is -0.368 e. The van der Waals surface area contributed by atoms with E-state index in [1.807, 2.05) is 13.8 Å². The Hall–Kier alpha value is -2.14. The Kier molecular flexibility index (Phi) is 4.71. The van der Waals surface area contributed by atoms with Crippen molar-refractivity contribution in [2.45, 2.75) is 46.2 Å². The van der Waals surface area contributed by atoms with Gasteiger partial charge < -0.3 is 5.73 Å². The highest BCUT2D eigenvalue weighted by atomic mass is 16.1. The summed E-state index contributed by atoms with van der Waals surface area (Å²) in [5.74, 6) is -0.373. The Morgan fingerprint density at radius 3 is 2.42 bits per heavy atom. The summed E-state index contributed by atoms with van der Waals surface area (Å²) in [6, 6.07) is 9.20. The predicted molar refractivity (Wildman–Crippen MR) is 95.6 cm³/mol. The summed E-state index contributed by atoms with van der Waals surface area (Å²) in [7, 11) is 0. The summed E-state index contributed by atoms with van der Waals surface area (Å²) in [6.07, 6.45) is 2.61. The monoisotopic (exact) mass is 326 g/mol. The second-order valence-electron chi connectivity index (χ2n) is 6.71. The minimum atomic E-state index is -0.373. The van der Waals surface area contributed by atoms with E-state index in [2.05, 4.69) is 41.2 Å². The molecule has 2 N–H and O–H groups in total. The summed E-state index contributed by atoms with van der Waals surface area (Å²) < 4.78 is 1.69. The molecule has 1 saturated heterocycles. The van der Waals surface area contributed by atoms with E-state index >= 15 is 0 Å². The number of likely N-dealkylation sites (tertiary alicyclic amines) is 1. The summed E-state index contributed by atoms with van der Waals surface area (Å²) in [6.45, 7) is 8.75. The van der Waals surface area contributed by atoms with Gasteiger partial charge in [0.1, 0.15) is 6.54 Å². The highest BCUT2D eigenvalue weighted by Crippen LogP contribution is 2.30. The lowest BCUT2D eigenvalue weighted by molar-refractivity contribution is -0.118. The quantitative estimate of drug-likeness (QED) is 0.919. The zero-order valence-electron chi connectivity index (χ0n) is 14.7. The zero-order valence-corrected chi connectivity index (χ0v) is 14.7. The van der Waals surface area contributed by atoms with Crippen LogP contribution in [0.15, 0.2) is 24.3 Å². The molecule has 1 aromatic carbocycles. The standard InChI is InChI=1S/C19H26N4O/c1-13-19(15(3)23(21-13)12-18(20)24)17-8-6-16(7-9-17)14(2)22-10-4-5-11-22/h6-9,14H,4-5,10-12H2,1-3H3,(H2,20,24)/t14-/m1/s1. The molecular weight excluding hydrogens is 300 g/mol. The van der Waals surface area contributed by atoms with Gasteiger partial charge in [-0.2, -0.15) is 5.10 Å². The Labute approximate surface area is 143 Å². The van der Waals surface area contributed by atoms with Crippen molar-refractivity contribution in [3.8, 4) is 11.1 Å². The van der Waals surface area contributed by atoms with Gasteiger partial charge in [0.25, 0.3) is 0 Å². The molecule has 5 heteroatoms. The van der Waals surface area contributed by atoms with E-state index in [-0.39, 0.29) is 12.5 Å². The largest absolute Gasteiger partial charge is 0.368 e. The lowest BCUT2D eigenvalue weighted by Gasteiger charge is -2.24. The Balaban J connectivity index is 1.85. The Bertz CT molecular complexity index is 727. The first-order chi connectivity index (χ1) is 11.5. The lowest BCUT2D eigenvalue weighted by atomic mass is 9.99. The third-order valence-electron chi connectivity index (χ3n) is 5.06. The number of aromatic nitrogens is 2. The first kappa shape index (κ1) is 16.7. The first-order valence-corrected chi connectivity index (χ1v) is 8.64. The van der Waals surface area contributed by atoms with Gasteiger partial charge in [0.15, 0.2) is 0 Å². The van der Waals surface area contributed by atoms with Crippen molar-refractivity contribution in [3.63, 3.8) is 0 Å². The fraction of sp³-hybridized carbons (Fsp3) is 0.474. The lowest BCUT2D eigenvalue weighted by Crippen LogP contribution is -2.23. The fourth-order valence-corrected chi connectivity index (χ4v) is 3.68. The van der Waals surface area contributed by atoms with Crippen LogP contribution in [0.3, 0.4) is 0 Å². The fourth-order valence-electron chi connectivity index (χ4n) is 3.68. The highest BCUT2D eigenvalue weighted by molar-refractivity contribution is 5.74. The van der Waals surface area contributed by atoms with Crippen LogP contribution in [0.5, 0.6) is 0 Å².